The number of rotatable bonds is 4. The number of hydrogen-bond acceptors (Lipinski definition) is 6. The summed E-state index contributed by atoms with van der Waals surface area (Å²) in [5.41, 5.74) is 1.12. The molecule has 2 aliphatic heterocycles. The zero-order valence-corrected chi connectivity index (χ0v) is 17.5. The Morgan fingerprint density at radius 1 is 1.19 bits per heavy atom. The molecule has 0 unspecified atom stereocenters. The summed E-state index contributed by atoms with van der Waals surface area (Å²) in [6.07, 6.45) is 0.420. The average Bonchev–Trinajstić information content (AvgIpc) is 3.08. The quantitative estimate of drug-likeness (QED) is 0.523. The van der Waals surface area contributed by atoms with Gasteiger partial charge in [-0.3, -0.25) is 14.9 Å². The topological polar surface area (TPSA) is 110 Å². The summed E-state index contributed by atoms with van der Waals surface area (Å²) in [5.74, 6) is -1.44. The molecular weight excluding hydrogens is 429 g/mol. The Kier molecular flexibility index (Phi) is 5.50. The number of non-ortho nitro benzene ring substituents is 1. The third-order valence-electron chi connectivity index (χ3n) is 5.47. The Hall–Kier alpha value is -2.89. The van der Waals surface area contributed by atoms with Crippen LogP contribution in [0.15, 0.2) is 41.3 Å². The molecule has 0 N–H and O–H groups in total. The van der Waals surface area contributed by atoms with Gasteiger partial charge in [0.2, 0.25) is 10.0 Å². The second kappa shape index (κ2) is 7.98. The zero-order valence-electron chi connectivity index (χ0n) is 16.7. The average molecular weight is 449 g/mol. The highest BCUT2D eigenvalue weighted by Gasteiger charge is 2.35. The number of nitro groups is 1. The maximum absolute atomic E-state index is 14.5. The fourth-order valence-corrected chi connectivity index (χ4v) is 5.44. The summed E-state index contributed by atoms with van der Waals surface area (Å²) in [6.45, 7) is 2.44. The number of nitro benzene ring substituents is 1. The molecule has 2 heterocycles. The molecule has 2 aromatic carbocycles. The predicted molar refractivity (Wildman–Crippen MR) is 109 cm³/mol. The van der Waals surface area contributed by atoms with Gasteiger partial charge >= 0.3 is 0 Å². The first-order chi connectivity index (χ1) is 14.7. The lowest BCUT2D eigenvalue weighted by Crippen LogP contribution is -2.41. The molecular formula is C20H20FN3O6S. The molecule has 0 bridgehead atoms. The number of nitrogens with zero attached hydrogens (tertiary/aromatic N) is 3. The van der Waals surface area contributed by atoms with Crippen LogP contribution in [-0.2, 0) is 21.2 Å². The second-order valence-corrected chi connectivity index (χ2v) is 9.37. The first-order valence-corrected chi connectivity index (χ1v) is 11.1. The molecule has 1 fully saturated rings. The molecule has 0 radical (unpaired) electrons. The molecule has 1 saturated heterocycles. The van der Waals surface area contributed by atoms with E-state index in [-0.39, 0.29) is 43.6 Å². The third-order valence-corrected chi connectivity index (χ3v) is 7.39. The van der Waals surface area contributed by atoms with E-state index in [1.54, 1.807) is 6.92 Å². The van der Waals surface area contributed by atoms with Crippen molar-refractivity contribution >= 4 is 27.3 Å². The Balaban J connectivity index is 1.69. The van der Waals surface area contributed by atoms with Gasteiger partial charge in [0.1, 0.15) is 10.7 Å². The van der Waals surface area contributed by atoms with Gasteiger partial charge in [0.25, 0.3) is 11.6 Å². The second-order valence-electron chi connectivity index (χ2n) is 7.46. The largest absolute Gasteiger partial charge is 0.379 e. The predicted octanol–water partition coefficient (Wildman–Crippen LogP) is 2.35. The molecule has 1 atom stereocenters. The van der Waals surface area contributed by atoms with Crippen molar-refractivity contribution < 1.29 is 27.3 Å². The zero-order chi connectivity index (χ0) is 22.3. The van der Waals surface area contributed by atoms with Gasteiger partial charge in [-0.15, -0.1) is 0 Å². The number of fused-ring (bicyclic) bond motifs is 1. The molecule has 1 amide bonds. The van der Waals surface area contributed by atoms with Gasteiger partial charge in [0.15, 0.2) is 0 Å². The Labute approximate surface area is 178 Å². The van der Waals surface area contributed by atoms with Gasteiger partial charge in [0.05, 0.1) is 18.1 Å². The summed E-state index contributed by atoms with van der Waals surface area (Å²) in [5, 5.41) is 11.0. The van der Waals surface area contributed by atoms with Crippen molar-refractivity contribution in [3.05, 3.63) is 63.5 Å². The van der Waals surface area contributed by atoms with Crippen molar-refractivity contribution in [1.82, 2.24) is 4.31 Å². The van der Waals surface area contributed by atoms with Crippen LogP contribution in [-0.4, -0.2) is 55.9 Å². The van der Waals surface area contributed by atoms with Gasteiger partial charge < -0.3 is 9.64 Å². The maximum atomic E-state index is 14.5. The number of amides is 1. The Morgan fingerprint density at radius 3 is 2.58 bits per heavy atom. The normalized spacial score (nSPS) is 19.3. The lowest BCUT2D eigenvalue weighted by Gasteiger charge is -2.27. The van der Waals surface area contributed by atoms with Gasteiger partial charge in [-0.2, -0.15) is 4.31 Å². The third kappa shape index (κ3) is 3.80. The van der Waals surface area contributed by atoms with Crippen molar-refractivity contribution in [2.24, 2.45) is 0 Å². The smallest absolute Gasteiger partial charge is 0.269 e. The molecule has 11 heteroatoms. The summed E-state index contributed by atoms with van der Waals surface area (Å²) in [7, 11) is -4.13. The number of ether oxygens (including phenoxy) is 1. The van der Waals surface area contributed by atoms with Gasteiger partial charge in [-0.05, 0) is 43.2 Å². The molecule has 164 valence electrons. The first kappa shape index (κ1) is 21.3. The van der Waals surface area contributed by atoms with Crippen LogP contribution in [0.1, 0.15) is 22.8 Å². The summed E-state index contributed by atoms with van der Waals surface area (Å²) in [6, 6.07) is 7.22. The van der Waals surface area contributed by atoms with Gasteiger partial charge in [-0.25, -0.2) is 12.8 Å². The van der Waals surface area contributed by atoms with E-state index in [2.05, 4.69) is 0 Å². The van der Waals surface area contributed by atoms with E-state index in [0.29, 0.717) is 17.7 Å². The first-order valence-electron chi connectivity index (χ1n) is 9.68. The highest BCUT2D eigenvalue weighted by atomic mass is 32.2. The van der Waals surface area contributed by atoms with E-state index in [9.17, 15) is 27.7 Å². The number of benzene rings is 2. The maximum Gasteiger partial charge on any atom is 0.269 e. The van der Waals surface area contributed by atoms with Crippen molar-refractivity contribution in [3.8, 4) is 0 Å². The summed E-state index contributed by atoms with van der Waals surface area (Å²) < 4.78 is 46.6. The fourth-order valence-electron chi connectivity index (χ4n) is 3.94. The molecule has 0 aliphatic carbocycles. The van der Waals surface area contributed by atoms with Crippen LogP contribution in [0, 0.1) is 15.9 Å². The minimum Gasteiger partial charge on any atom is -0.379 e. The van der Waals surface area contributed by atoms with E-state index in [0.717, 1.165) is 16.4 Å². The van der Waals surface area contributed by atoms with Crippen molar-refractivity contribution in [2.45, 2.75) is 24.3 Å². The Bertz CT molecular complexity index is 1160. The van der Waals surface area contributed by atoms with Crippen LogP contribution < -0.4 is 4.90 Å². The van der Waals surface area contributed by atoms with Crippen molar-refractivity contribution in [2.75, 3.05) is 31.2 Å². The minimum absolute atomic E-state index is 0.0197. The molecule has 2 aromatic rings. The summed E-state index contributed by atoms with van der Waals surface area (Å²) in [4.78, 5) is 24.7. The molecule has 4 rings (SSSR count). The van der Waals surface area contributed by atoms with E-state index in [4.69, 9.17) is 4.74 Å². The Morgan fingerprint density at radius 2 is 1.90 bits per heavy atom. The van der Waals surface area contributed by atoms with Crippen molar-refractivity contribution in [1.29, 1.82) is 0 Å². The lowest BCUT2D eigenvalue weighted by molar-refractivity contribution is -0.384. The number of hydrogen-bond donors (Lipinski definition) is 0. The molecule has 9 nitrogen and oxygen atoms in total. The number of carbonyl (C=O) groups is 1. The van der Waals surface area contributed by atoms with E-state index in [1.165, 1.54) is 29.2 Å². The SMILES string of the molecule is C[C@H]1Cc2cc([N+](=O)[O-])ccc2N1C(=O)c1ccc(F)c(S(=O)(=O)N2CCOCC2)c1. The molecule has 0 saturated carbocycles. The van der Waals surface area contributed by atoms with E-state index >= 15 is 0 Å². The fraction of sp³-hybridized carbons (Fsp3) is 0.350. The summed E-state index contributed by atoms with van der Waals surface area (Å²) >= 11 is 0. The minimum atomic E-state index is -4.13. The van der Waals surface area contributed by atoms with Crippen LogP contribution in [0.25, 0.3) is 0 Å². The number of sulfonamides is 1. The number of carbonyl (C=O) groups excluding carboxylic acids is 1. The monoisotopic (exact) mass is 449 g/mol. The van der Waals surface area contributed by atoms with Crippen LogP contribution in [0.4, 0.5) is 15.8 Å². The van der Waals surface area contributed by atoms with Crippen LogP contribution >= 0.6 is 0 Å². The van der Waals surface area contributed by atoms with Crippen LogP contribution in [0.5, 0.6) is 0 Å². The molecule has 0 spiro atoms. The molecule has 0 aromatic heterocycles. The standard InChI is InChI=1S/C20H20FN3O6S/c1-13-10-15-11-16(24(26)27)3-5-18(15)23(13)20(25)14-2-4-17(21)19(12-14)31(28,29)22-6-8-30-9-7-22/h2-5,11-13H,6-10H2,1H3/t13-/m0/s1. The number of anilines is 1. The lowest BCUT2D eigenvalue weighted by atomic mass is 10.1. The highest BCUT2D eigenvalue weighted by molar-refractivity contribution is 7.89. The van der Waals surface area contributed by atoms with Gasteiger partial charge in [-0.1, -0.05) is 0 Å². The van der Waals surface area contributed by atoms with E-state index in [1.807, 2.05) is 0 Å². The van der Waals surface area contributed by atoms with Crippen LogP contribution in [0.3, 0.4) is 0 Å². The molecule has 2 aliphatic rings. The van der Waals surface area contributed by atoms with Crippen LogP contribution in [0.2, 0.25) is 0 Å². The van der Waals surface area contributed by atoms with Crippen molar-refractivity contribution in [3.63, 3.8) is 0 Å². The molecule has 31 heavy (non-hydrogen) atoms. The number of halogens is 1. The van der Waals surface area contributed by atoms with E-state index < -0.39 is 31.6 Å². The highest BCUT2D eigenvalue weighted by Crippen LogP contribution is 2.36. The number of morpholine rings is 1. The van der Waals surface area contributed by atoms with Gasteiger partial charge in [0, 0.05) is 42.5 Å².